The fourth-order valence-corrected chi connectivity index (χ4v) is 8.21. The van der Waals surface area contributed by atoms with E-state index in [0.717, 1.165) is 77.4 Å². The molecule has 0 spiro atoms. The van der Waals surface area contributed by atoms with Crippen LogP contribution in [0.4, 0.5) is 0 Å². The maximum Gasteiger partial charge on any atom is 0.143 e. The van der Waals surface area contributed by atoms with Crippen molar-refractivity contribution in [2.24, 2.45) is 0 Å². The number of rotatable bonds is 3. The van der Waals surface area contributed by atoms with Crippen molar-refractivity contribution in [2.75, 3.05) is 0 Å². The summed E-state index contributed by atoms with van der Waals surface area (Å²) in [7, 11) is 0. The SMILES string of the molecule is Cc1cc(C)c(-c2nc3c4ccccc4c4ccccc4c3nc2-c2cccc(-c3cc4ccccc4c4c3oc3ccccc34)c2)c(C)c1. The summed E-state index contributed by atoms with van der Waals surface area (Å²) >= 11 is 0. The number of hydrogen-bond acceptors (Lipinski definition) is 3. The first kappa shape index (κ1) is 28.7. The van der Waals surface area contributed by atoms with Gasteiger partial charge in [0, 0.05) is 38.2 Å². The Kier molecular flexibility index (Phi) is 6.22. The van der Waals surface area contributed by atoms with Crippen LogP contribution in [0, 0.1) is 20.8 Å². The lowest BCUT2D eigenvalue weighted by Crippen LogP contribution is -2.00. The van der Waals surface area contributed by atoms with Crippen molar-refractivity contribution < 1.29 is 4.42 Å². The molecule has 0 amide bonds. The van der Waals surface area contributed by atoms with E-state index in [-0.39, 0.29) is 0 Å². The minimum atomic E-state index is 0.872. The van der Waals surface area contributed by atoms with Gasteiger partial charge in [0.05, 0.1) is 22.4 Å². The van der Waals surface area contributed by atoms with Crippen LogP contribution in [0.2, 0.25) is 0 Å². The van der Waals surface area contributed by atoms with E-state index in [0.29, 0.717) is 0 Å². The number of aryl methyl sites for hydroxylation is 3. The average molecular weight is 641 g/mol. The van der Waals surface area contributed by atoms with Crippen LogP contribution in [0.5, 0.6) is 0 Å². The lowest BCUT2D eigenvalue weighted by atomic mass is 9.91. The van der Waals surface area contributed by atoms with Crippen molar-refractivity contribution in [1.29, 1.82) is 0 Å². The highest BCUT2D eigenvalue weighted by Crippen LogP contribution is 2.43. The second-order valence-electron chi connectivity index (χ2n) is 13.5. The summed E-state index contributed by atoms with van der Waals surface area (Å²) < 4.78 is 6.65. The summed E-state index contributed by atoms with van der Waals surface area (Å²) in [5.41, 5.74) is 13.3. The van der Waals surface area contributed by atoms with Gasteiger partial charge in [-0.25, -0.2) is 9.97 Å². The van der Waals surface area contributed by atoms with E-state index in [2.05, 4.69) is 154 Å². The van der Waals surface area contributed by atoms with Crippen molar-refractivity contribution in [1.82, 2.24) is 9.97 Å². The predicted molar refractivity (Wildman–Crippen MR) is 210 cm³/mol. The molecule has 236 valence electrons. The summed E-state index contributed by atoms with van der Waals surface area (Å²) in [5.74, 6) is 0. The van der Waals surface area contributed by atoms with Crippen LogP contribution in [0.1, 0.15) is 16.7 Å². The first-order valence-electron chi connectivity index (χ1n) is 17.2. The molecule has 0 saturated heterocycles. The molecule has 0 aliphatic carbocycles. The van der Waals surface area contributed by atoms with E-state index < -0.39 is 0 Å². The minimum absolute atomic E-state index is 0.872. The van der Waals surface area contributed by atoms with E-state index in [4.69, 9.17) is 14.4 Å². The molecule has 50 heavy (non-hydrogen) atoms. The molecule has 2 aromatic heterocycles. The van der Waals surface area contributed by atoms with Gasteiger partial charge in [0.25, 0.3) is 0 Å². The van der Waals surface area contributed by atoms with Crippen molar-refractivity contribution in [3.05, 3.63) is 156 Å². The van der Waals surface area contributed by atoms with Crippen LogP contribution < -0.4 is 0 Å². The molecule has 0 fully saturated rings. The summed E-state index contributed by atoms with van der Waals surface area (Å²) in [6, 6.07) is 49.6. The fraction of sp³-hybridized carbons (Fsp3) is 0.0638. The minimum Gasteiger partial charge on any atom is -0.455 e. The molecule has 0 unspecified atom stereocenters. The Morgan fingerprint density at radius 3 is 1.72 bits per heavy atom. The van der Waals surface area contributed by atoms with Crippen LogP contribution >= 0.6 is 0 Å². The third kappa shape index (κ3) is 4.23. The molecule has 0 bridgehead atoms. The molecule has 0 atom stereocenters. The number of aromatic nitrogens is 2. The van der Waals surface area contributed by atoms with Gasteiger partial charge in [0.15, 0.2) is 0 Å². The monoisotopic (exact) mass is 640 g/mol. The zero-order chi connectivity index (χ0) is 33.5. The number of benzene rings is 8. The zero-order valence-corrected chi connectivity index (χ0v) is 28.1. The number of hydrogen-bond donors (Lipinski definition) is 0. The molecule has 3 nitrogen and oxygen atoms in total. The van der Waals surface area contributed by atoms with E-state index in [1.807, 2.05) is 6.07 Å². The smallest absolute Gasteiger partial charge is 0.143 e. The van der Waals surface area contributed by atoms with E-state index in [9.17, 15) is 0 Å². The van der Waals surface area contributed by atoms with Gasteiger partial charge in [-0.15, -0.1) is 0 Å². The predicted octanol–water partition coefficient (Wildman–Crippen LogP) is 12.9. The average Bonchev–Trinajstić information content (AvgIpc) is 3.54. The van der Waals surface area contributed by atoms with E-state index >= 15 is 0 Å². The largest absolute Gasteiger partial charge is 0.455 e. The lowest BCUT2D eigenvalue weighted by Gasteiger charge is -2.18. The van der Waals surface area contributed by atoms with Gasteiger partial charge < -0.3 is 4.42 Å². The lowest BCUT2D eigenvalue weighted by molar-refractivity contribution is 0.670. The normalized spacial score (nSPS) is 11.9. The number of furan rings is 1. The van der Waals surface area contributed by atoms with Gasteiger partial charge in [-0.1, -0.05) is 127 Å². The summed E-state index contributed by atoms with van der Waals surface area (Å²) in [6.07, 6.45) is 0. The molecule has 0 radical (unpaired) electrons. The Morgan fingerprint density at radius 1 is 0.460 bits per heavy atom. The van der Waals surface area contributed by atoms with Gasteiger partial charge >= 0.3 is 0 Å². The van der Waals surface area contributed by atoms with Gasteiger partial charge in [0.1, 0.15) is 11.2 Å². The molecule has 8 aromatic carbocycles. The molecule has 10 rings (SSSR count). The van der Waals surface area contributed by atoms with Crippen LogP contribution in [-0.2, 0) is 0 Å². The second kappa shape index (κ2) is 10.8. The Hall–Kier alpha value is -6.32. The highest BCUT2D eigenvalue weighted by atomic mass is 16.3. The molecule has 0 N–H and O–H groups in total. The van der Waals surface area contributed by atoms with Crippen molar-refractivity contribution in [2.45, 2.75) is 20.8 Å². The molecule has 2 heterocycles. The Balaban J connectivity index is 1.30. The number of para-hydroxylation sites is 1. The Labute approximate surface area is 289 Å². The highest BCUT2D eigenvalue weighted by molar-refractivity contribution is 6.24. The first-order valence-corrected chi connectivity index (χ1v) is 17.2. The molecule has 0 aliphatic heterocycles. The third-order valence-corrected chi connectivity index (χ3v) is 10.3. The van der Waals surface area contributed by atoms with Crippen molar-refractivity contribution in [3.63, 3.8) is 0 Å². The highest BCUT2D eigenvalue weighted by Gasteiger charge is 2.22. The number of fused-ring (bicyclic) bond motifs is 11. The topological polar surface area (TPSA) is 38.9 Å². The van der Waals surface area contributed by atoms with Crippen molar-refractivity contribution >= 4 is 65.3 Å². The molecule has 3 heteroatoms. The summed E-state index contributed by atoms with van der Waals surface area (Å²) in [6.45, 7) is 6.53. The van der Waals surface area contributed by atoms with Gasteiger partial charge in [-0.2, -0.15) is 0 Å². The second-order valence-corrected chi connectivity index (χ2v) is 13.5. The van der Waals surface area contributed by atoms with Gasteiger partial charge in [-0.3, -0.25) is 0 Å². The standard InChI is InChI=1S/C47H32N2O/c1-27-23-28(2)41(29(3)24-27)46-43(48-44-36-19-8-6-17-34(36)35-18-7-9-20-37(35)45(44)49-46)32-15-12-14-30(25-32)39-26-31-13-4-5-16-33(31)42-38-21-10-11-22-40(38)50-47(39)42/h4-26H,1-3H3. The Morgan fingerprint density at radius 2 is 1.02 bits per heavy atom. The number of nitrogens with zero attached hydrogens (tertiary/aromatic N) is 2. The molecule has 10 aromatic rings. The third-order valence-electron chi connectivity index (χ3n) is 10.3. The zero-order valence-electron chi connectivity index (χ0n) is 28.1. The van der Waals surface area contributed by atoms with Crippen LogP contribution in [-0.4, -0.2) is 9.97 Å². The maximum atomic E-state index is 6.65. The van der Waals surface area contributed by atoms with Crippen LogP contribution in [0.15, 0.2) is 144 Å². The quantitative estimate of drug-likeness (QED) is 0.180. The van der Waals surface area contributed by atoms with E-state index in [1.54, 1.807) is 0 Å². The molecule has 0 saturated carbocycles. The van der Waals surface area contributed by atoms with E-state index in [1.165, 1.54) is 38.2 Å². The molecule has 0 aliphatic rings. The molecular weight excluding hydrogens is 609 g/mol. The molecular formula is C47H32N2O. The van der Waals surface area contributed by atoms with Gasteiger partial charge in [-0.05, 0) is 77.2 Å². The van der Waals surface area contributed by atoms with Crippen LogP contribution in [0.3, 0.4) is 0 Å². The van der Waals surface area contributed by atoms with Gasteiger partial charge in [0.2, 0.25) is 0 Å². The summed E-state index contributed by atoms with van der Waals surface area (Å²) in [5, 5.41) is 9.24. The summed E-state index contributed by atoms with van der Waals surface area (Å²) in [4.78, 5) is 11.2. The van der Waals surface area contributed by atoms with Crippen LogP contribution in [0.25, 0.3) is 98.9 Å². The van der Waals surface area contributed by atoms with Crippen molar-refractivity contribution in [3.8, 4) is 33.6 Å². The Bertz CT molecular complexity index is 3000. The fourth-order valence-electron chi connectivity index (χ4n) is 8.21. The first-order chi connectivity index (χ1) is 24.5. The maximum absolute atomic E-state index is 6.65.